The molecule has 0 saturated carbocycles. The molecule has 0 aliphatic heterocycles. The molecular weight excluding hydrogens is 316 g/mol. The van der Waals surface area contributed by atoms with E-state index in [4.69, 9.17) is 0 Å². The van der Waals surface area contributed by atoms with E-state index in [0.717, 1.165) is 0 Å². The van der Waals surface area contributed by atoms with Gasteiger partial charge in [-0.2, -0.15) is 0 Å². The van der Waals surface area contributed by atoms with Crippen molar-refractivity contribution in [2.24, 2.45) is 7.05 Å². The van der Waals surface area contributed by atoms with Crippen molar-refractivity contribution >= 4 is 43.4 Å². The zero-order valence-electron chi connectivity index (χ0n) is 7.04. The first kappa shape index (κ1) is 9.79. The molecule has 0 N–H and O–H groups in total. The minimum atomic E-state index is -0.271. The Labute approximate surface area is 96.3 Å². The molecule has 0 bridgehead atoms. The fraction of sp³-hybridized carbons (Fsp3) is 0.125. The molecule has 4 nitrogen and oxygen atoms in total. The van der Waals surface area contributed by atoms with Crippen molar-refractivity contribution in [3.8, 4) is 0 Å². The quantitative estimate of drug-likeness (QED) is 0.732. The molecule has 6 heteroatoms. The van der Waals surface area contributed by atoms with Crippen LogP contribution in [0.3, 0.4) is 0 Å². The van der Waals surface area contributed by atoms with Gasteiger partial charge >= 0.3 is 0 Å². The van der Waals surface area contributed by atoms with Gasteiger partial charge in [-0.1, -0.05) is 0 Å². The number of Topliss-reactive ketones (excluding diaryl/α,β-unsaturated/α-hetero) is 2. The van der Waals surface area contributed by atoms with Crippen molar-refractivity contribution in [3.63, 3.8) is 0 Å². The number of imidazole rings is 1. The van der Waals surface area contributed by atoms with Gasteiger partial charge in [0.05, 0.1) is 15.3 Å². The highest BCUT2D eigenvalue weighted by Crippen LogP contribution is 2.31. The van der Waals surface area contributed by atoms with Gasteiger partial charge in [-0.3, -0.25) is 9.59 Å². The lowest BCUT2D eigenvalue weighted by molar-refractivity contribution is 0.0982. The minimum Gasteiger partial charge on any atom is -0.330 e. The number of fused-ring (bicyclic) bond motifs is 1. The van der Waals surface area contributed by atoms with E-state index in [1.807, 2.05) is 0 Å². The number of rotatable bonds is 0. The summed E-state index contributed by atoms with van der Waals surface area (Å²) < 4.78 is 2.02. The number of carbonyl (C=O) groups is 2. The number of hydrogen-bond donors (Lipinski definition) is 0. The smallest absolute Gasteiger partial charge is 0.221 e. The summed E-state index contributed by atoms with van der Waals surface area (Å²) in [5.74, 6) is -0.501. The number of aryl methyl sites for hydroxylation is 1. The summed E-state index contributed by atoms with van der Waals surface area (Å²) in [5, 5.41) is 0. The highest BCUT2D eigenvalue weighted by molar-refractivity contribution is 9.14. The zero-order chi connectivity index (χ0) is 10.5. The first-order valence-electron chi connectivity index (χ1n) is 3.70. The lowest BCUT2D eigenvalue weighted by Crippen LogP contribution is -2.19. The Morgan fingerprint density at radius 2 is 1.79 bits per heavy atom. The van der Waals surface area contributed by atoms with Crippen molar-refractivity contribution in [3.05, 3.63) is 26.7 Å². The minimum absolute atomic E-state index is 0.201. The summed E-state index contributed by atoms with van der Waals surface area (Å²) in [6.07, 6.45) is 1.45. The molecule has 1 aromatic heterocycles. The summed E-state index contributed by atoms with van der Waals surface area (Å²) in [4.78, 5) is 27.2. The predicted octanol–water partition coefficient (Wildman–Crippen LogP) is 1.80. The molecule has 72 valence electrons. The van der Waals surface area contributed by atoms with E-state index in [1.54, 1.807) is 7.05 Å². The Kier molecular flexibility index (Phi) is 2.19. The van der Waals surface area contributed by atoms with E-state index < -0.39 is 0 Å². The lowest BCUT2D eigenvalue weighted by atomic mass is 10.1. The molecule has 1 heterocycles. The van der Waals surface area contributed by atoms with Gasteiger partial charge < -0.3 is 4.57 Å². The van der Waals surface area contributed by atoms with Crippen molar-refractivity contribution in [1.82, 2.24) is 9.55 Å². The number of halogens is 2. The van der Waals surface area contributed by atoms with Crippen LogP contribution in [0.5, 0.6) is 0 Å². The van der Waals surface area contributed by atoms with Gasteiger partial charge in [0.2, 0.25) is 11.6 Å². The molecule has 0 aromatic carbocycles. The van der Waals surface area contributed by atoms with Crippen LogP contribution in [0.2, 0.25) is 0 Å². The predicted molar refractivity (Wildman–Crippen MR) is 56.7 cm³/mol. The fourth-order valence-corrected chi connectivity index (χ4v) is 2.01. The summed E-state index contributed by atoms with van der Waals surface area (Å²) >= 11 is 6.12. The van der Waals surface area contributed by atoms with Crippen LogP contribution in [0.25, 0.3) is 0 Å². The number of allylic oxidation sites excluding steroid dienone is 2. The van der Waals surface area contributed by atoms with Gasteiger partial charge in [-0.15, -0.1) is 0 Å². The monoisotopic (exact) mass is 318 g/mol. The molecule has 0 radical (unpaired) electrons. The second-order valence-electron chi connectivity index (χ2n) is 2.84. The van der Waals surface area contributed by atoms with Gasteiger partial charge in [0, 0.05) is 7.05 Å². The average Bonchev–Trinajstić information content (AvgIpc) is 2.54. The van der Waals surface area contributed by atoms with Crippen molar-refractivity contribution < 1.29 is 9.59 Å². The van der Waals surface area contributed by atoms with Crippen LogP contribution in [0.15, 0.2) is 15.3 Å². The lowest BCUT2D eigenvalue weighted by Gasteiger charge is -2.10. The van der Waals surface area contributed by atoms with Crippen molar-refractivity contribution in [2.45, 2.75) is 0 Å². The van der Waals surface area contributed by atoms with E-state index in [2.05, 4.69) is 36.8 Å². The Morgan fingerprint density at radius 1 is 1.21 bits per heavy atom. The maximum atomic E-state index is 11.7. The zero-order valence-corrected chi connectivity index (χ0v) is 10.2. The first-order valence-corrected chi connectivity index (χ1v) is 5.28. The summed E-state index contributed by atoms with van der Waals surface area (Å²) in [7, 11) is 1.68. The largest absolute Gasteiger partial charge is 0.330 e. The normalized spacial score (nSPS) is 16.2. The molecule has 1 aliphatic carbocycles. The second kappa shape index (κ2) is 3.13. The van der Waals surface area contributed by atoms with Crippen LogP contribution in [0.4, 0.5) is 0 Å². The maximum absolute atomic E-state index is 11.7. The van der Waals surface area contributed by atoms with Crippen molar-refractivity contribution in [1.29, 1.82) is 0 Å². The van der Waals surface area contributed by atoms with E-state index in [0.29, 0.717) is 5.69 Å². The number of ketones is 2. The number of hydrogen-bond acceptors (Lipinski definition) is 3. The van der Waals surface area contributed by atoms with E-state index in [1.165, 1.54) is 10.9 Å². The maximum Gasteiger partial charge on any atom is 0.221 e. The van der Waals surface area contributed by atoms with Crippen LogP contribution in [0.1, 0.15) is 21.0 Å². The van der Waals surface area contributed by atoms with Crippen LogP contribution in [-0.4, -0.2) is 21.1 Å². The molecule has 0 spiro atoms. The topological polar surface area (TPSA) is 52.0 Å². The molecule has 1 aliphatic rings. The molecule has 0 atom stereocenters. The SMILES string of the molecule is Cn1cnc2c1C(=O)C(Br)=C(Br)C2=O. The summed E-state index contributed by atoms with van der Waals surface area (Å²) in [6.45, 7) is 0. The highest BCUT2D eigenvalue weighted by Gasteiger charge is 2.33. The Balaban J connectivity index is 2.75. The molecular formula is C8H4Br2N2O2. The molecule has 0 amide bonds. The van der Waals surface area contributed by atoms with Crippen LogP contribution in [-0.2, 0) is 7.05 Å². The van der Waals surface area contributed by atoms with E-state index in [9.17, 15) is 9.59 Å². The summed E-state index contributed by atoms with van der Waals surface area (Å²) in [5.41, 5.74) is 0.526. The Hall–Kier alpha value is -0.750. The third-order valence-corrected chi connectivity index (χ3v) is 4.00. The van der Waals surface area contributed by atoms with Gasteiger partial charge in [-0.25, -0.2) is 4.98 Å². The first-order chi connectivity index (χ1) is 6.54. The third kappa shape index (κ3) is 1.14. The molecule has 2 rings (SSSR count). The molecule has 14 heavy (non-hydrogen) atoms. The molecule has 0 saturated heterocycles. The molecule has 1 aromatic rings. The highest BCUT2D eigenvalue weighted by atomic mass is 79.9. The van der Waals surface area contributed by atoms with Crippen LogP contribution < -0.4 is 0 Å². The van der Waals surface area contributed by atoms with Crippen LogP contribution in [0, 0.1) is 0 Å². The number of nitrogens with zero attached hydrogens (tertiary/aromatic N) is 2. The molecule has 0 fully saturated rings. The summed E-state index contributed by atoms with van der Waals surface area (Å²) in [6, 6.07) is 0. The molecule has 0 unspecified atom stereocenters. The Bertz CT molecular complexity index is 488. The van der Waals surface area contributed by atoms with Gasteiger partial charge in [0.15, 0.2) is 0 Å². The van der Waals surface area contributed by atoms with Gasteiger partial charge in [-0.05, 0) is 31.9 Å². The number of aromatic nitrogens is 2. The second-order valence-corrected chi connectivity index (χ2v) is 4.42. The third-order valence-electron chi connectivity index (χ3n) is 1.96. The van der Waals surface area contributed by atoms with Crippen molar-refractivity contribution in [2.75, 3.05) is 0 Å². The standard InChI is InChI=1S/C8H4Br2N2O2/c1-12-2-11-5-6(12)8(14)4(10)3(9)7(5)13/h2H,1H3. The average molecular weight is 320 g/mol. The fourth-order valence-electron chi connectivity index (χ4n) is 1.27. The van der Waals surface area contributed by atoms with E-state index >= 15 is 0 Å². The van der Waals surface area contributed by atoms with Crippen LogP contribution >= 0.6 is 31.9 Å². The Morgan fingerprint density at radius 3 is 2.43 bits per heavy atom. The van der Waals surface area contributed by atoms with E-state index in [-0.39, 0.29) is 26.2 Å². The number of carbonyl (C=O) groups excluding carboxylic acids is 2. The van der Waals surface area contributed by atoms with Gasteiger partial charge in [0.1, 0.15) is 11.4 Å². The van der Waals surface area contributed by atoms with Gasteiger partial charge in [0.25, 0.3) is 0 Å².